The number of urea groups is 1. The molecule has 3 N–H and O–H groups in total. The lowest BCUT2D eigenvalue weighted by Gasteiger charge is -2.16. The number of carboxylic acid groups (broad SMARTS) is 1. The van der Waals surface area contributed by atoms with E-state index in [9.17, 15) is 9.59 Å². The van der Waals surface area contributed by atoms with E-state index in [1.54, 1.807) is 26.0 Å². The number of carbonyl (C=O) groups is 2. The molecule has 1 aromatic rings. The summed E-state index contributed by atoms with van der Waals surface area (Å²) in [5.74, 6) is -0.433. The fraction of sp³-hybridized carbons (Fsp3) is 0.455. The van der Waals surface area contributed by atoms with Crippen molar-refractivity contribution < 1.29 is 19.1 Å². The molecule has 0 saturated heterocycles. The van der Waals surface area contributed by atoms with Gasteiger partial charge in [-0.3, -0.25) is 0 Å². The normalized spacial score (nSPS) is 13.8. The first-order valence-electron chi connectivity index (χ1n) is 5.37. The number of hydrogen-bond donors (Lipinski definition) is 3. The zero-order valence-electron chi connectivity index (χ0n) is 9.77. The Labute approximate surface area is 99.0 Å². The Morgan fingerprint density at radius 3 is 2.65 bits per heavy atom. The van der Waals surface area contributed by atoms with Crippen LogP contribution >= 0.6 is 0 Å². The summed E-state index contributed by atoms with van der Waals surface area (Å²) in [4.78, 5) is 22.2. The molecule has 6 nitrogen and oxygen atoms in total. The van der Waals surface area contributed by atoms with Gasteiger partial charge in [0.05, 0.1) is 12.3 Å². The van der Waals surface area contributed by atoms with Gasteiger partial charge in [0.25, 0.3) is 0 Å². The number of hydrogen-bond acceptors (Lipinski definition) is 3. The Morgan fingerprint density at radius 1 is 1.47 bits per heavy atom. The second-order valence-electron chi connectivity index (χ2n) is 3.65. The van der Waals surface area contributed by atoms with Gasteiger partial charge >= 0.3 is 12.0 Å². The molecule has 0 aliphatic heterocycles. The molecule has 6 heteroatoms. The fourth-order valence-electron chi connectivity index (χ4n) is 1.34. The number of nitrogens with one attached hydrogen (secondary N) is 2. The summed E-state index contributed by atoms with van der Waals surface area (Å²) in [6, 6.07) is 1.75. The standard InChI is InChI=1S/C11H16N2O4/c1-3-8(10(14)15)13-11(16)12-7(2)9-5-4-6-17-9/h4-8H,3H2,1-2H3,(H,14,15)(H2,12,13,16). The average molecular weight is 240 g/mol. The number of carboxylic acids is 1. The highest BCUT2D eigenvalue weighted by Gasteiger charge is 2.19. The van der Waals surface area contributed by atoms with Crippen LogP contribution in [-0.4, -0.2) is 23.1 Å². The minimum absolute atomic E-state index is 0.309. The SMILES string of the molecule is CCC(NC(=O)NC(C)c1ccco1)C(=O)O. The molecule has 2 atom stereocenters. The summed E-state index contributed by atoms with van der Waals surface area (Å²) in [5.41, 5.74) is 0. The molecule has 0 spiro atoms. The molecule has 0 fully saturated rings. The molecule has 94 valence electrons. The number of rotatable bonds is 5. The molecule has 0 aliphatic carbocycles. The average Bonchev–Trinajstić information content (AvgIpc) is 2.78. The Morgan fingerprint density at radius 2 is 2.18 bits per heavy atom. The second-order valence-corrected chi connectivity index (χ2v) is 3.65. The van der Waals surface area contributed by atoms with Crippen LogP contribution in [0.1, 0.15) is 32.1 Å². The van der Waals surface area contributed by atoms with Gasteiger partial charge in [-0.1, -0.05) is 6.92 Å². The molecule has 2 unspecified atom stereocenters. The first-order chi connectivity index (χ1) is 8.04. The summed E-state index contributed by atoms with van der Waals surface area (Å²) < 4.78 is 5.12. The maximum Gasteiger partial charge on any atom is 0.326 e. The largest absolute Gasteiger partial charge is 0.480 e. The lowest BCUT2D eigenvalue weighted by molar-refractivity contribution is -0.139. The van der Waals surface area contributed by atoms with Crippen LogP contribution in [0, 0.1) is 0 Å². The predicted octanol–water partition coefficient (Wildman–Crippen LogP) is 1.50. The van der Waals surface area contributed by atoms with Gasteiger partial charge in [0.15, 0.2) is 0 Å². The molecule has 1 aromatic heterocycles. The van der Waals surface area contributed by atoms with Gasteiger partial charge in [0.1, 0.15) is 11.8 Å². The summed E-state index contributed by atoms with van der Waals surface area (Å²) >= 11 is 0. The molecular weight excluding hydrogens is 224 g/mol. The van der Waals surface area contributed by atoms with Crippen LogP contribution in [-0.2, 0) is 4.79 Å². The highest BCUT2D eigenvalue weighted by atomic mass is 16.4. The van der Waals surface area contributed by atoms with E-state index in [4.69, 9.17) is 9.52 Å². The monoisotopic (exact) mass is 240 g/mol. The zero-order valence-corrected chi connectivity index (χ0v) is 9.77. The van der Waals surface area contributed by atoms with Crippen molar-refractivity contribution in [2.24, 2.45) is 0 Å². The lowest BCUT2D eigenvalue weighted by Crippen LogP contribution is -2.46. The van der Waals surface area contributed by atoms with Gasteiger partial charge in [0, 0.05) is 0 Å². The summed E-state index contributed by atoms with van der Waals surface area (Å²) in [6.07, 6.45) is 1.84. The van der Waals surface area contributed by atoms with Crippen molar-refractivity contribution in [2.45, 2.75) is 32.4 Å². The van der Waals surface area contributed by atoms with E-state index >= 15 is 0 Å². The Hall–Kier alpha value is -1.98. The third-order valence-electron chi connectivity index (χ3n) is 2.33. The van der Waals surface area contributed by atoms with E-state index in [1.807, 2.05) is 0 Å². The summed E-state index contributed by atoms with van der Waals surface area (Å²) in [7, 11) is 0. The van der Waals surface area contributed by atoms with Gasteiger partial charge in [-0.2, -0.15) is 0 Å². The van der Waals surface area contributed by atoms with Crippen molar-refractivity contribution >= 4 is 12.0 Å². The van der Waals surface area contributed by atoms with Crippen molar-refractivity contribution in [3.63, 3.8) is 0 Å². The van der Waals surface area contributed by atoms with E-state index in [0.29, 0.717) is 12.2 Å². The van der Waals surface area contributed by atoms with Crippen LogP contribution in [0.15, 0.2) is 22.8 Å². The third-order valence-corrected chi connectivity index (χ3v) is 2.33. The highest BCUT2D eigenvalue weighted by molar-refractivity contribution is 5.82. The van der Waals surface area contributed by atoms with Gasteiger partial charge in [-0.15, -0.1) is 0 Å². The Balaban J connectivity index is 2.47. The van der Waals surface area contributed by atoms with E-state index in [2.05, 4.69) is 10.6 Å². The first-order valence-corrected chi connectivity index (χ1v) is 5.37. The molecule has 1 rings (SSSR count). The molecule has 0 bridgehead atoms. The van der Waals surface area contributed by atoms with Crippen molar-refractivity contribution in [1.29, 1.82) is 0 Å². The smallest absolute Gasteiger partial charge is 0.326 e. The first kappa shape index (κ1) is 13.1. The van der Waals surface area contributed by atoms with Crippen LogP contribution in [0.25, 0.3) is 0 Å². The van der Waals surface area contributed by atoms with Gasteiger partial charge in [0.2, 0.25) is 0 Å². The third kappa shape index (κ3) is 3.82. The van der Waals surface area contributed by atoms with Crippen LogP contribution in [0.3, 0.4) is 0 Å². The zero-order chi connectivity index (χ0) is 12.8. The van der Waals surface area contributed by atoms with E-state index in [0.717, 1.165) is 0 Å². The minimum atomic E-state index is -1.05. The fourth-order valence-corrected chi connectivity index (χ4v) is 1.34. The molecule has 0 radical (unpaired) electrons. The maximum absolute atomic E-state index is 11.5. The number of carbonyl (C=O) groups excluding carboxylic acids is 1. The van der Waals surface area contributed by atoms with Crippen LogP contribution < -0.4 is 10.6 Å². The van der Waals surface area contributed by atoms with Gasteiger partial charge < -0.3 is 20.2 Å². The lowest BCUT2D eigenvalue weighted by atomic mass is 10.2. The molecule has 2 amide bonds. The van der Waals surface area contributed by atoms with E-state index < -0.39 is 18.0 Å². The predicted molar refractivity (Wildman–Crippen MR) is 60.5 cm³/mol. The van der Waals surface area contributed by atoms with Crippen LogP contribution in [0.2, 0.25) is 0 Å². The summed E-state index contributed by atoms with van der Waals surface area (Å²) in [5, 5.41) is 13.7. The van der Waals surface area contributed by atoms with Gasteiger partial charge in [-0.25, -0.2) is 9.59 Å². The number of amides is 2. The van der Waals surface area contributed by atoms with E-state index in [1.165, 1.54) is 6.26 Å². The highest BCUT2D eigenvalue weighted by Crippen LogP contribution is 2.11. The van der Waals surface area contributed by atoms with Gasteiger partial charge in [-0.05, 0) is 25.5 Å². The molecule has 1 heterocycles. The molecular formula is C11H16N2O4. The van der Waals surface area contributed by atoms with Crippen LogP contribution in [0.5, 0.6) is 0 Å². The van der Waals surface area contributed by atoms with Crippen molar-refractivity contribution in [3.05, 3.63) is 24.2 Å². The Kier molecular flexibility index (Phi) is 4.56. The quantitative estimate of drug-likeness (QED) is 0.727. The van der Waals surface area contributed by atoms with Crippen molar-refractivity contribution in [2.75, 3.05) is 0 Å². The molecule has 0 saturated carbocycles. The van der Waals surface area contributed by atoms with Crippen molar-refractivity contribution in [1.82, 2.24) is 10.6 Å². The van der Waals surface area contributed by atoms with Crippen LogP contribution in [0.4, 0.5) is 4.79 Å². The minimum Gasteiger partial charge on any atom is -0.480 e. The summed E-state index contributed by atoms with van der Waals surface area (Å²) in [6.45, 7) is 3.44. The molecule has 0 aliphatic rings. The topological polar surface area (TPSA) is 91.6 Å². The number of aliphatic carboxylic acids is 1. The Bertz CT molecular complexity index is 375. The van der Waals surface area contributed by atoms with Crippen molar-refractivity contribution in [3.8, 4) is 0 Å². The molecule has 0 aromatic carbocycles. The molecule has 17 heavy (non-hydrogen) atoms. The number of furan rings is 1. The second kappa shape index (κ2) is 5.93. The van der Waals surface area contributed by atoms with E-state index in [-0.39, 0.29) is 6.04 Å². The maximum atomic E-state index is 11.5.